The maximum Gasteiger partial charge on any atom is 0.407 e. The molecule has 0 bridgehead atoms. The molecule has 4 rings (SSSR count). The highest BCUT2D eigenvalue weighted by Gasteiger charge is 2.29. The van der Waals surface area contributed by atoms with E-state index in [1.165, 1.54) is 0 Å². The fourth-order valence-corrected chi connectivity index (χ4v) is 5.37. The summed E-state index contributed by atoms with van der Waals surface area (Å²) in [6, 6.07) is 23.5. The van der Waals surface area contributed by atoms with Gasteiger partial charge in [-0.25, -0.2) is 4.79 Å². The van der Waals surface area contributed by atoms with Crippen molar-refractivity contribution in [2.24, 2.45) is 0 Å². The van der Waals surface area contributed by atoms with Crippen LogP contribution in [0.1, 0.15) is 29.0 Å². The average Bonchev–Trinajstić information content (AvgIpc) is 3.45. The number of fused-ring (bicyclic) bond motifs is 3. The second kappa shape index (κ2) is 19.8. The Morgan fingerprint density at radius 2 is 1.25 bits per heavy atom. The molecule has 3 aromatic carbocycles. The third kappa shape index (κ3) is 12.2. The van der Waals surface area contributed by atoms with E-state index in [1.54, 1.807) is 30.3 Å². The average molecular weight is 717 g/mol. The standard InChI is InChI=1S/C36H40N6O10/c43-30(17-34(47)48)37-14-15-51-22-41-32(45)18-39-35(49)29(16-23-8-2-1-3-9-23)42-33(46)20-38-31(44)19-40-36(50)52-21-28-26-12-6-4-10-24(26)25-11-5-7-13-27(25)28/h1-13,28-29H,14-22H2,(H,37,43)(H,38,44)(H,39,49)(H,40,50)(H,41,45)(H,42,46)(H,47,48)/t29-/m0/s1. The zero-order chi connectivity index (χ0) is 37.3. The minimum atomic E-state index is -1.26. The van der Waals surface area contributed by atoms with Crippen molar-refractivity contribution in [3.05, 3.63) is 95.6 Å². The van der Waals surface area contributed by atoms with Gasteiger partial charge in [0, 0.05) is 18.9 Å². The SMILES string of the molecule is O=C(O)CC(=O)NCCOCNC(=O)CNC(=O)[C@H](Cc1ccccc1)NC(=O)CNC(=O)CNC(=O)OCC1c2ccccc2-c2ccccc21. The van der Waals surface area contributed by atoms with Crippen molar-refractivity contribution >= 4 is 41.6 Å². The monoisotopic (exact) mass is 716 g/mol. The molecule has 0 fully saturated rings. The maximum atomic E-state index is 13.0. The topological polar surface area (TPSA) is 230 Å². The van der Waals surface area contributed by atoms with Crippen LogP contribution >= 0.6 is 0 Å². The number of carbonyl (C=O) groups excluding carboxylic acids is 6. The second-order valence-corrected chi connectivity index (χ2v) is 11.6. The van der Waals surface area contributed by atoms with Gasteiger partial charge >= 0.3 is 12.1 Å². The Labute approximate surface area is 299 Å². The number of carboxylic acid groups (broad SMARTS) is 1. The Morgan fingerprint density at radius 3 is 1.92 bits per heavy atom. The van der Waals surface area contributed by atoms with Crippen LogP contribution in [0.25, 0.3) is 11.1 Å². The van der Waals surface area contributed by atoms with Crippen LogP contribution < -0.4 is 31.9 Å². The number of benzene rings is 3. The quantitative estimate of drug-likeness (QED) is 0.0505. The van der Waals surface area contributed by atoms with Gasteiger partial charge in [0.05, 0.1) is 19.7 Å². The number of rotatable bonds is 19. The molecule has 1 aliphatic carbocycles. The van der Waals surface area contributed by atoms with Gasteiger partial charge in [0.15, 0.2) is 0 Å². The molecule has 0 saturated carbocycles. The van der Waals surface area contributed by atoms with E-state index in [-0.39, 0.29) is 38.8 Å². The number of amides is 6. The number of aliphatic carboxylic acids is 1. The van der Waals surface area contributed by atoms with E-state index >= 15 is 0 Å². The molecule has 52 heavy (non-hydrogen) atoms. The van der Waals surface area contributed by atoms with Gasteiger partial charge in [-0.3, -0.25) is 28.8 Å². The van der Waals surface area contributed by atoms with Gasteiger partial charge in [-0.05, 0) is 27.8 Å². The zero-order valence-electron chi connectivity index (χ0n) is 28.1. The van der Waals surface area contributed by atoms with Crippen molar-refractivity contribution < 1.29 is 48.1 Å². The van der Waals surface area contributed by atoms with Crippen LogP contribution in [0.2, 0.25) is 0 Å². The summed E-state index contributed by atoms with van der Waals surface area (Å²) in [6.07, 6.45) is -1.37. The van der Waals surface area contributed by atoms with E-state index in [2.05, 4.69) is 31.9 Å². The Kier molecular flexibility index (Phi) is 14.7. The molecular formula is C36H40N6O10. The number of ether oxygens (including phenoxy) is 2. The lowest BCUT2D eigenvalue weighted by molar-refractivity contribution is -0.141. The molecule has 6 amide bonds. The van der Waals surface area contributed by atoms with Gasteiger partial charge in [0.2, 0.25) is 29.5 Å². The largest absolute Gasteiger partial charge is 0.481 e. The predicted molar refractivity (Wildman–Crippen MR) is 185 cm³/mol. The van der Waals surface area contributed by atoms with Gasteiger partial charge < -0.3 is 46.5 Å². The lowest BCUT2D eigenvalue weighted by atomic mass is 9.98. The summed E-state index contributed by atoms with van der Waals surface area (Å²) in [5.74, 6) is -4.67. The van der Waals surface area contributed by atoms with Crippen molar-refractivity contribution in [2.75, 3.05) is 46.1 Å². The summed E-state index contributed by atoms with van der Waals surface area (Å²) in [5.41, 5.74) is 4.99. The fraction of sp³-hybridized carbons (Fsp3) is 0.306. The highest BCUT2D eigenvalue weighted by molar-refractivity contribution is 5.93. The number of carboxylic acids is 1. The number of carbonyl (C=O) groups is 7. The minimum Gasteiger partial charge on any atom is -0.481 e. The minimum absolute atomic E-state index is 0.00514. The summed E-state index contributed by atoms with van der Waals surface area (Å²) in [7, 11) is 0. The highest BCUT2D eigenvalue weighted by Crippen LogP contribution is 2.44. The lowest BCUT2D eigenvalue weighted by Gasteiger charge is -2.19. The van der Waals surface area contributed by atoms with Gasteiger partial charge in [-0.15, -0.1) is 0 Å². The third-order valence-corrected chi connectivity index (χ3v) is 7.79. The number of nitrogens with one attached hydrogen (secondary N) is 6. The molecule has 0 radical (unpaired) electrons. The van der Waals surface area contributed by atoms with Crippen LogP contribution in [0.5, 0.6) is 0 Å². The predicted octanol–water partition coefficient (Wildman–Crippen LogP) is 0.166. The van der Waals surface area contributed by atoms with Crippen molar-refractivity contribution in [2.45, 2.75) is 24.8 Å². The Balaban J connectivity index is 1.16. The van der Waals surface area contributed by atoms with Crippen molar-refractivity contribution in [3.8, 4) is 11.1 Å². The van der Waals surface area contributed by atoms with Crippen molar-refractivity contribution in [3.63, 3.8) is 0 Å². The molecule has 1 atom stereocenters. The van der Waals surface area contributed by atoms with Crippen LogP contribution in [-0.2, 0) is 44.7 Å². The van der Waals surface area contributed by atoms with Crippen molar-refractivity contribution in [1.29, 1.82) is 0 Å². The molecule has 16 heteroatoms. The van der Waals surface area contributed by atoms with E-state index in [1.807, 2.05) is 48.5 Å². The van der Waals surface area contributed by atoms with Gasteiger partial charge in [-0.2, -0.15) is 0 Å². The van der Waals surface area contributed by atoms with Crippen molar-refractivity contribution in [1.82, 2.24) is 31.9 Å². The summed E-state index contributed by atoms with van der Waals surface area (Å²) in [6.45, 7) is -1.49. The van der Waals surface area contributed by atoms with Crippen LogP contribution in [0.4, 0.5) is 4.79 Å². The molecule has 7 N–H and O–H groups in total. The maximum absolute atomic E-state index is 13.0. The van der Waals surface area contributed by atoms with Gasteiger partial charge in [0.1, 0.15) is 32.3 Å². The summed E-state index contributed by atoms with van der Waals surface area (Å²) < 4.78 is 10.6. The smallest absolute Gasteiger partial charge is 0.407 e. The van der Waals surface area contributed by atoms with E-state index < -0.39 is 73.7 Å². The molecule has 0 unspecified atom stereocenters. The van der Waals surface area contributed by atoms with E-state index in [9.17, 15) is 33.6 Å². The molecule has 274 valence electrons. The molecule has 0 aromatic heterocycles. The lowest BCUT2D eigenvalue weighted by Crippen LogP contribution is -2.52. The zero-order valence-corrected chi connectivity index (χ0v) is 28.1. The summed E-state index contributed by atoms with van der Waals surface area (Å²) >= 11 is 0. The van der Waals surface area contributed by atoms with Crippen LogP contribution in [0.3, 0.4) is 0 Å². The molecule has 3 aromatic rings. The Hall–Kier alpha value is -6.29. The van der Waals surface area contributed by atoms with Crippen LogP contribution in [-0.4, -0.2) is 98.9 Å². The first-order valence-corrected chi connectivity index (χ1v) is 16.4. The number of alkyl carbamates (subject to hydrolysis) is 1. The molecule has 0 heterocycles. The number of hydrogen-bond acceptors (Lipinski definition) is 9. The highest BCUT2D eigenvalue weighted by atomic mass is 16.5. The molecule has 0 spiro atoms. The first-order chi connectivity index (χ1) is 25.1. The Morgan fingerprint density at radius 1 is 0.654 bits per heavy atom. The third-order valence-electron chi connectivity index (χ3n) is 7.79. The second-order valence-electron chi connectivity index (χ2n) is 11.6. The van der Waals surface area contributed by atoms with Gasteiger partial charge in [-0.1, -0.05) is 78.9 Å². The van der Waals surface area contributed by atoms with Crippen LogP contribution in [0.15, 0.2) is 78.9 Å². The molecular weight excluding hydrogens is 676 g/mol. The molecule has 0 saturated heterocycles. The Bertz CT molecular complexity index is 1710. The normalized spacial score (nSPS) is 11.9. The summed E-state index contributed by atoms with van der Waals surface area (Å²) in [5, 5.41) is 23.1. The molecule has 16 nitrogen and oxygen atoms in total. The fourth-order valence-electron chi connectivity index (χ4n) is 5.37. The van der Waals surface area contributed by atoms with E-state index in [4.69, 9.17) is 14.6 Å². The first-order valence-electron chi connectivity index (χ1n) is 16.4. The van der Waals surface area contributed by atoms with Crippen LogP contribution in [0, 0.1) is 0 Å². The molecule has 0 aliphatic heterocycles. The van der Waals surface area contributed by atoms with Gasteiger partial charge in [0.25, 0.3) is 0 Å². The summed E-state index contributed by atoms with van der Waals surface area (Å²) in [4.78, 5) is 84.5. The van der Waals surface area contributed by atoms with E-state index in [0.29, 0.717) is 0 Å². The van der Waals surface area contributed by atoms with E-state index in [0.717, 1.165) is 27.8 Å². The first kappa shape index (κ1) is 38.5. The molecule has 1 aliphatic rings. The number of hydrogen-bond donors (Lipinski definition) is 7.